The van der Waals surface area contributed by atoms with Gasteiger partial charge in [0.25, 0.3) is 0 Å². The van der Waals surface area contributed by atoms with Crippen molar-refractivity contribution in [2.75, 3.05) is 0 Å². The highest BCUT2D eigenvalue weighted by Gasteiger charge is 2.07. The average molecular weight is 336 g/mol. The van der Waals surface area contributed by atoms with Crippen molar-refractivity contribution in [2.24, 2.45) is 0 Å². The second kappa shape index (κ2) is 6.51. The fraction of sp³-hybridized carbons (Fsp3) is 0.133. The lowest BCUT2D eigenvalue weighted by Crippen LogP contribution is -2.00. The summed E-state index contributed by atoms with van der Waals surface area (Å²) in [7, 11) is 0. The Morgan fingerprint density at radius 2 is 2.05 bits per heavy atom. The van der Waals surface area contributed by atoms with E-state index in [1.807, 2.05) is 6.07 Å². The van der Waals surface area contributed by atoms with Crippen molar-refractivity contribution in [3.63, 3.8) is 0 Å². The van der Waals surface area contributed by atoms with E-state index < -0.39 is 5.82 Å². The number of ether oxygens (including phenoxy) is 1. The van der Waals surface area contributed by atoms with Crippen molar-refractivity contribution < 1.29 is 14.2 Å². The zero-order valence-electron chi connectivity index (χ0n) is 10.4. The minimum absolute atomic E-state index is 0.0262. The first-order valence-corrected chi connectivity index (χ1v) is 6.64. The van der Waals surface area contributed by atoms with Crippen LogP contribution in [0.25, 0.3) is 0 Å². The fourth-order valence-electron chi connectivity index (χ4n) is 1.67. The summed E-state index contributed by atoms with van der Waals surface area (Å²) in [6, 6.07) is 11.3. The van der Waals surface area contributed by atoms with Gasteiger partial charge in [-0.05, 0) is 51.8 Å². The van der Waals surface area contributed by atoms with Crippen molar-refractivity contribution in [3.05, 3.63) is 63.4 Å². The van der Waals surface area contributed by atoms with Crippen LogP contribution in [-0.4, -0.2) is 5.11 Å². The molecule has 0 aliphatic heterocycles. The molecule has 102 valence electrons. The number of nitrogens with zero attached hydrogens (tertiary/aromatic N) is 1. The van der Waals surface area contributed by atoms with Gasteiger partial charge in [-0.1, -0.05) is 6.07 Å². The van der Waals surface area contributed by atoms with Crippen LogP contribution in [0.1, 0.15) is 16.7 Å². The average Bonchev–Trinajstić information content (AvgIpc) is 2.47. The van der Waals surface area contributed by atoms with Crippen LogP contribution in [-0.2, 0) is 13.2 Å². The molecule has 0 heterocycles. The van der Waals surface area contributed by atoms with Gasteiger partial charge in [0.05, 0.1) is 22.7 Å². The minimum atomic E-state index is -0.410. The lowest BCUT2D eigenvalue weighted by atomic mass is 10.1. The highest BCUT2D eigenvalue weighted by molar-refractivity contribution is 9.10. The number of aliphatic hydroxyl groups excluding tert-OH is 1. The maximum atomic E-state index is 13.6. The first-order valence-electron chi connectivity index (χ1n) is 5.84. The van der Waals surface area contributed by atoms with Crippen LogP contribution in [0.15, 0.2) is 40.9 Å². The maximum absolute atomic E-state index is 13.6. The Kier molecular flexibility index (Phi) is 4.72. The van der Waals surface area contributed by atoms with E-state index >= 15 is 0 Å². The molecule has 5 heteroatoms. The first kappa shape index (κ1) is 14.5. The van der Waals surface area contributed by atoms with Crippen LogP contribution in [0.4, 0.5) is 4.39 Å². The fourth-order valence-corrected chi connectivity index (χ4v) is 2.21. The van der Waals surface area contributed by atoms with E-state index in [1.165, 1.54) is 18.2 Å². The second-order valence-corrected chi connectivity index (χ2v) is 4.98. The third-order valence-corrected chi connectivity index (χ3v) is 3.36. The number of halogens is 2. The molecule has 0 spiro atoms. The van der Waals surface area contributed by atoms with Gasteiger partial charge in [0, 0.05) is 5.56 Å². The number of rotatable bonds is 4. The van der Waals surface area contributed by atoms with Crippen LogP contribution in [0.2, 0.25) is 0 Å². The van der Waals surface area contributed by atoms with E-state index in [4.69, 9.17) is 15.1 Å². The van der Waals surface area contributed by atoms with Crippen LogP contribution in [0.3, 0.4) is 0 Å². The largest absolute Gasteiger partial charge is 0.488 e. The highest BCUT2D eigenvalue weighted by Crippen LogP contribution is 2.27. The predicted octanol–water partition coefficient (Wildman–Crippen LogP) is 3.53. The van der Waals surface area contributed by atoms with Crippen molar-refractivity contribution in [3.8, 4) is 11.8 Å². The number of nitriles is 1. The molecule has 0 aromatic heterocycles. The second-order valence-electron chi connectivity index (χ2n) is 4.13. The Bertz CT molecular complexity index is 667. The third-order valence-electron chi connectivity index (χ3n) is 2.74. The van der Waals surface area contributed by atoms with Gasteiger partial charge in [-0.15, -0.1) is 0 Å². The first-order chi connectivity index (χ1) is 9.63. The molecule has 0 fully saturated rings. The lowest BCUT2D eigenvalue weighted by molar-refractivity contribution is 0.280. The Labute approximate surface area is 124 Å². The van der Waals surface area contributed by atoms with E-state index in [9.17, 15) is 4.39 Å². The molecular weight excluding hydrogens is 325 g/mol. The topological polar surface area (TPSA) is 53.2 Å². The Balaban J connectivity index is 2.15. The summed E-state index contributed by atoms with van der Waals surface area (Å²) in [6.45, 7) is -0.0316. The summed E-state index contributed by atoms with van der Waals surface area (Å²) in [5.41, 5.74) is 1.46. The summed E-state index contributed by atoms with van der Waals surface area (Å²) in [6.07, 6.45) is 0. The molecule has 20 heavy (non-hydrogen) atoms. The van der Waals surface area contributed by atoms with Crippen molar-refractivity contribution in [2.45, 2.75) is 13.2 Å². The molecule has 0 atom stereocenters. The predicted molar refractivity (Wildman–Crippen MR) is 75.5 cm³/mol. The third kappa shape index (κ3) is 3.35. The molecule has 0 unspecified atom stereocenters. The molecular formula is C15H11BrFNO2. The van der Waals surface area contributed by atoms with Crippen LogP contribution < -0.4 is 4.74 Å². The van der Waals surface area contributed by atoms with E-state index in [0.717, 1.165) is 5.56 Å². The molecule has 2 aromatic rings. The Morgan fingerprint density at radius 1 is 1.25 bits per heavy atom. The molecule has 0 aliphatic rings. The zero-order chi connectivity index (χ0) is 14.5. The summed E-state index contributed by atoms with van der Waals surface area (Å²) in [5, 5.41) is 17.8. The normalized spacial score (nSPS) is 10.1. The maximum Gasteiger partial charge on any atom is 0.134 e. The summed E-state index contributed by atoms with van der Waals surface area (Å²) in [5.74, 6) is 0.135. The van der Waals surface area contributed by atoms with Gasteiger partial charge in [-0.25, -0.2) is 4.39 Å². The molecule has 0 saturated heterocycles. The van der Waals surface area contributed by atoms with Crippen LogP contribution in [0.5, 0.6) is 5.75 Å². The summed E-state index contributed by atoms with van der Waals surface area (Å²) >= 11 is 3.33. The number of hydrogen-bond acceptors (Lipinski definition) is 3. The molecule has 0 amide bonds. The molecule has 3 nitrogen and oxygen atoms in total. The van der Waals surface area contributed by atoms with Gasteiger partial charge in [0.2, 0.25) is 0 Å². The monoisotopic (exact) mass is 335 g/mol. The molecule has 0 bridgehead atoms. The van der Waals surface area contributed by atoms with Crippen molar-refractivity contribution in [1.82, 2.24) is 0 Å². The molecule has 0 radical (unpaired) electrons. The zero-order valence-corrected chi connectivity index (χ0v) is 12.0. The van der Waals surface area contributed by atoms with E-state index in [-0.39, 0.29) is 13.2 Å². The summed E-state index contributed by atoms with van der Waals surface area (Å²) in [4.78, 5) is 0. The molecule has 0 aliphatic carbocycles. The molecule has 2 rings (SSSR count). The SMILES string of the molecule is N#Cc1ccc(F)c(COc2ccc(CO)cc2Br)c1. The number of hydrogen-bond donors (Lipinski definition) is 1. The van der Waals surface area contributed by atoms with Crippen molar-refractivity contribution in [1.29, 1.82) is 5.26 Å². The minimum Gasteiger partial charge on any atom is -0.488 e. The smallest absolute Gasteiger partial charge is 0.134 e. The van der Waals surface area contributed by atoms with Gasteiger partial charge >= 0.3 is 0 Å². The van der Waals surface area contributed by atoms with E-state index in [2.05, 4.69) is 15.9 Å². The number of benzene rings is 2. The van der Waals surface area contributed by atoms with E-state index in [0.29, 0.717) is 21.3 Å². The van der Waals surface area contributed by atoms with Gasteiger partial charge < -0.3 is 9.84 Å². The van der Waals surface area contributed by atoms with E-state index in [1.54, 1.807) is 18.2 Å². The van der Waals surface area contributed by atoms with Crippen molar-refractivity contribution >= 4 is 15.9 Å². The number of aliphatic hydroxyl groups is 1. The Hall–Kier alpha value is -1.90. The highest BCUT2D eigenvalue weighted by atomic mass is 79.9. The quantitative estimate of drug-likeness (QED) is 0.929. The van der Waals surface area contributed by atoms with Crippen LogP contribution in [0, 0.1) is 17.1 Å². The van der Waals surface area contributed by atoms with Gasteiger partial charge in [0.15, 0.2) is 0 Å². The standard InChI is InChI=1S/C15H11BrFNO2/c16-13-6-11(8-19)2-4-15(13)20-9-12-5-10(7-18)1-3-14(12)17/h1-6,19H,8-9H2. The lowest BCUT2D eigenvalue weighted by Gasteiger charge is -2.10. The Morgan fingerprint density at radius 3 is 2.70 bits per heavy atom. The van der Waals surface area contributed by atoms with Gasteiger partial charge in [-0.3, -0.25) is 0 Å². The van der Waals surface area contributed by atoms with Gasteiger partial charge in [-0.2, -0.15) is 5.26 Å². The summed E-state index contributed by atoms with van der Waals surface area (Å²) < 4.78 is 19.8. The molecule has 1 N–H and O–H groups in total. The van der Waals surface area contributed by atoms with Gasteiger partial charge in [0.1, 0.15) is 18.2 Å². The van der Waals surface area contributed by atoms with Crippen LogP contribution >= 0.6 is 15.9 Å². The molecule has 0 saturated carbocycles. The molecule has 2 aromatic carbocycles.